The van der Waals surface area contributed by atoms with Crippen molar-refractivity contribution in [2.24, 2.45) is 0 Å². The number of likely N-dealkylation sites (tertiary alicyclic amines) is 1. The van der Waals surface area contributed by atoms with Gasteiger partial charge < -0.3 is 10.2 Å². The lowest BCUT2D eigenvalue weighted by Gasteiger charge is -2.29. The van der Waals surface area contributed by atoms with Gasteiger partial charge in [0, 0.05) is 16.6 Å². The average Bonchev–Trinajstić information content (AvgIpc) is 3.75. The predicted molar refractivity (Wildman–Crippen MR) is 136 cm³/mol. The van der Waals surface area contributed by atoms with Crippen LogP contribution in [0.25, 0.3) is 0 Å². The zero-order chi connectivity index (χ0) is 25.9. The van der Waals surface area contributed by atoms with E-state index in [0.29, 0.717) is 41.3 Å². The van der Waals surface area contributed by atoms with Gasteiger partial charge in [0.1, 0.15) is 11.6 Å². The van der Waals surface area contributed by atoms with Crippen molar-refractivity contribution in [2.75, 3.05) is 6.54 Å². The molecule has 2 saturated carbocycles. The van der Waals surface area contributed by atoms with E-state index in [9.17, 15) is 23.3 Å². The molecular formula is C25H22Cl3N3O4S. The normalized spacial score (nSPS) is 23.6. The van der Waals surface area contributed by atoms with Crippen LogP contribution in [0, 0.1) is 11.3 Å². The molecule has 2 amide bonds. The number of hydrogen-bond acceptors (Lipinski definition) is 5. The number of nitrogens with one attached hydrogen (secondary N) is 1. The Hall–Kier alpha value is -2.31. The van der Waals surface area contributed by atoms with Crippen molar-refractivity contribution in [3.05, 3.63) is 63.1 Å². The number of amides is 2. The Morgan fingerprint density at radius 2 is 1.72 bits per heavy atom. The molecule has 2 aromatic carbocycles. The SMILES string of the molecule is N#CC1(NC(=O)C2CC(S(=O)(=O)c3ccccc3Cl)CN2C(=O)C2(c3ccc(Cl)cc3Cl)CC2)CC1. The fraction of sp³-hybridized carbons (Fsp3) is 0.400. The first-order valence-electron chi connectivity index (χ1n) is 11.5. The molecule has 2 aromatic rings. The number of rotatable bonds is 6. The molecule has 0 bridgehead atoms. The first-order valence-corrected chi connectivity index (χ1v) is 14.2. The molecule has 1 heterocycles. The van der Waals surface area contributed by atoms with Gasteiger partial charge in [-0.15, -0.1) is 0 Å². The summed E-state index contributed by atoms with van der Waals surface area (Å²) >= 11 is 18.7. The van der Waals surface area contributed by atoms with Gasteiger partial charge in [-0.1, -0.05) is 53.0 Å². The highest BCUT2D eigenvalue weighted by Gasteiger charge is 2.58. The van der Waals surface area contributed by atoms with Crippen LogP contribution in [0.1, 0.15) is 37.7 Å². The van der Waals surface area contributed by atoms with Crippen LogP contribution < -0.4 is 5.32 Å². The van der Waals surface area contributed by atoms with E-state index in [1.54, 1.807) is 30.3 Å². The lowest BCUT2D eigenvalue weighted by molar-refractivity contribution is -0.140. The molecule has 0 spiro atoms. The third-order valence-electron chi connectivity index (χ3n) is 7.34. The number of benzene rings is 2. The molecule has 11 heteroatoms. The van der Waals surface area contributed by atoms with Crippen LogP contribution in [0.5, 0.6) is 0 Å². The molecule has 3 fully saturated rings. The Kier molecular flexibility index (Phi) is 6.27. The second-order valence-corrected chi connectivity index (χ2v) is 13.1. The number of nitriles is 1. The highest BCUT2D eigenvalue weighted by atomic mass is 35.5. The molecule has 1 aliphatic heterocycles. The van der Waals surface area contributed by atoms with E-state index in [2.05, 4.69) is 11.4 Å². The predicted octanol–water partition coefficient (Wildman–Crippen LogP) is 4.29. The number of sulfone groups is 1. The molecular weight excluding hydrogens is 545 g/mol. The Morgan fingerprint density at radius 1 is 1.03 bits per heavy atom. The van der Waals surface area contributed by atoms with Gasteiger partial charge in [0.05, 0.1) is 26.7 Å². The van der Waals surface area contributed by atoms with E-state index in [4.69, 9.17) is 34.8 Å². The van der Waals surface area contributed by atoms with Gasteiger partial charge in [0.2, 0.25) is 11.8 Å². The van der Waals surface area contributed by atoms with Crippen molar-refractivity contribution < 1.29 is 18.0 Å². The second-order valence-electron chi connectivity index (χ2n) is 9.70. The van der Waals surface area contributed by atoms with Crippen molar-refractivity contribution in [1.82, 2.24) is 10.2 Å². The van der Waals surface area contributed by atoms with E-state index < -0.39 is 38.0 Å². The standard InChI is InChI=1S/C25H22Cl3N3O4S/c26-15-5-6-17(19(28)11-15)25(9-10-25)23(33)31-13-16(36(34,35)21-4-2-1-3-18(21)27)12-20(31)22(32)30-24(14-29)7-8-24/h1-6,11,16,20H,7-10,12-13H2,(H,30,32). The van der Waals surface area contributed by atoms with Gasteiger partial charge in [0.15, 0.2) is 9.84 Å². The lowest BCUT2D eigenvalue weighted by Crippen LogP contribution is -2.51. The van der Waals surface area contributed by atoms with Gasteiger partial charge >= 0.3 is 0 Å². The van der Waals surface area contributed by atoms with Crippen LogP contribution in [0.15, 0.2) is 47.4 Å². The minimum atomic E-state index is -3.95. The fourth-order valence-electron chi connectivity index (χ4n) is 4.94. The molecule has 1 N–H and O–H groups in total. The highest BCUT2D eigenvalue weighted by molar-refractivity contribution is 7.92. The zero-order valence-corrected chi connectivity index (χ0v) is 22.1. The van der Waals surface area contributed by atoms with Crippen molar-refractivity contribution in [3.63, 3.8) is 0 Å². The van der Waals surface area contributed by atoms with Crippen molar-refractivity contribution in [3.8, 4) is 6.07 Å². The van der Waals surface area contributed by atoms with Crippen LogP contribution in [0.4, 0.5) is 0 Å². The van der Waals surface area contributed by atoms with Crippen molar-refractivity contribution in [1.29, 1.82) is 5.26 Å². The van der Waals surface area contributed by atoms with Gasteiger partial charge in [-0.25, -0.2) is 8.42 Å². The molecule has 2 unspecified atom stereocenters. The summed E-state index contributed by atoms with van der Waals surface area (Å²) in [6.07, 6.45) is 1.96. The highest BCUT2D eigenvalue weighted by Crippen LogP contribution is 2.53. The van der Waals surface area contributed by atoms with E-state index >= 15 is 0 Å². The summed E-state index contributed by atoms with van der Waals surface area (Å²) in [6, 6.07) is 12.1. The van der Waals surface area contributed by atoms with E-state index in [1.165, 1.54) is 17.0 Å². The topological polar surface area (TPSA) is 107 Å². The largest absolute Gasteiger partial charge is 0.336 e. The zero-order valence-electron chi connectivity index (χ0n) is 19.0. The first kappa shape index (κ1) is 25.3. The summed E-state index contributed by atoms with van der Waals surface area (Å²) in [7, 11) is -3.95. The summed E-state index contributed by atoms with van der Waals surface area (Å²) < 4.78 is 27.1. The number of nitrogens with zero attached hydrogens (tertiary/aromatic N) is 2. The number of hydrogen-bond donors (Lipinski definition) is 1. The van der Waals surface area contributed by atoms with Gasteiger partial charge in [0.25, 0.3) is 0 Å². The van der Waals surface area contributed by atoms with Crippen LogP contribution in [0.3, 0.4) is 0 Å². The molecule has 2 atom stereocenters. The summed E-state index contributed by atoms with van der Waals surface area (Å²) in [5.74, 6) is -0.886. The number of halogens is 3. The minimum absolute atomic E-state index is 0.0392. The molecule has 5 rings (SSSR count). The summed E-state index contributed by atoms with van der Waals surface area (Å²) in [6.45, 7) is -0.170. The second kappa shape index (κ2) is 8.91. The number of carbonyl (C=O) groups is 2. The molecule has 0 aromatic heterocycles. The summed E-state index contributed by atoms with van der Waals surface area (Å²) in [5.41, 5.74) is -1.30. The monoisotopic (exact) mass is 565 g/mol. The van der Waals surface area contributed by atoms with E-state index in [1.807, 2.05) is 0 Å². The van der Waals surface area contributed by atoms with Gasteiger partial charge in [-0.05, 0) is 61.9 Å². The van der Waals surface area contributed by atoms with Crippen molar-refractivity contribution in [2.45, 2.75) is 59.2 Å². The quantitative estimate of drug-likeness (QED) is 0.561. The molecule has 36 heavy (non-hydrogen) atoms. The molecule has 1 saturated heterocycles. The van der Waals surface area contributed by atoms with Crippen LogP contribution in [-0.4, -0.2) is 48.5 Å². The molecule has 7 nitrogen and oxygen atoms in total. The van der Waals surface area contributed by atoms with Crippen molar-refractivity contribution >= 4 is 56.5 Å². The van der Waals surface area contributed by atoms with Crippen LogP contribution in [-0.2, 0) is 24.8 Å². The van der Waals surface area contributed by atoms with E-state index in [-0.39, 0.29) is 28.8 Å². The summed E-state index contributed by atoms with van der Waals surface area (Å²) in [4.78, 5) is 28.6. The maximum Gasteiger partial charge on any atom is 0.244 e. The Labute approximate surface area is 224 Å². The third kappa shape index (κ3) is 4.26. The smallest absolute Gasteiger partial charge is 0.244 e. The van der Waals surface area contributed by atoms with Gasteiger partial charge in [-0.3, -0.25) is 9.59 Å². The fourth-order valence-corrected chi connectivity index (χ4v) is 7.74. The minimum Gasteiger partial charge on any atom is -0.336 e. The average molecular weight is 567 g/mol. The third-order valence-corrected chi connectivity index (χ3v) is 10.5. The molecule has 188 valence electrons. The molecule has 3 aliphatic rings. The number of carbonyl (C=O) groups excluding carboxylic acids is 2. The maximum absolute atomic E-state index is 14.0. The van der Waals surface area contributed by atoms with Crippen LogP contribution >= 0.6 is 34.8 Å². The van der Waals surface area contributed by atoms with E-state index in [0.717, 1.165) is 0 Å². The Bertz CT molecular complexity index is 1410. The summed E-state index contributed by atoms with van der Waals surface area (Å²) in [5, 5.41) is 12.0. The first-order chi connectivity index (χ1) is 17.0. The van der Waals surface area contributed by atoms with Crippen LogP contribution in [0.2, 0.25) is 15.1 Å². The Morgan fingerprint density at radius 3 is 2.31 bits per heavy atom. The molecule has 0 radical (unpaired) electrons. The maximum atomic E-state index is 14.0. The molecule has 2 aliphatic carbocycles. The lowest BCUT2D eigenvalue weighted by atomic mass is 9.93. The van der Waals surface area contributed by atoms with Gasteiger partial charge in [-0.2, -0.15) is 5.26 Å². The Balaban J connectivity index is 1.50.